The van der Waals surface area contributed by atoms with Crippen molar-refractivity contribution in [3.63, 3.8) is 0 Å². The minimum absolute atomic E-state index is 0.240. The van der Waals surface area contributed by atoms with Crippen LogP contribution < -0.4 is 0 Å². The summed E-state index contributed by atoms with van der Waals surface area (Å²) in [5.41, 5.74) is 2.64. The number of rotatable bonds is 3. The Hall–Kier alpha value is -0.830. The Kier molecular flexibility index (Phi) is 3.99. The first kappa shape index (κ1) is 11.6. The number of nitrogens with zero attached hydrogens (tertiary/aromatic N) is 1. The van der Waals surface area contributed by atoms with E-state index >= 15 is 0 Å². The average Bonchev–Trinajstić information content (AvgIpc) is 2.32. The van der Waals surface area contributed by atoms with Crippen LogP contribution in [0.3, 0.4) is 0 Å². The molecule has 2 rings (SSSR count). The van der Waals surface area contributed by atoms with Crippen LogP contribution in [0.4, 0.5) is 0 Å². The lowest BCUT2D eigenvalue weighted by molar-refractivity contribution is 0.208. The second-order valence-electron chi connectivity index (χ2n) is 4.01. The molecule has 0 aromatic heterocycles. The van der Waals surface area contributed by atoms with Gasteiger partial charge < -0.3 is 5.11 Å². The van der Waals surface area contributed by atoms with Gasteiger partial charge in [-0.1, -0.05) is 29.8 Å². The highest BCUT2D eigenvalue weighted by atomic mass is 35.5. The van der Waals surface area contributed by atoms with Crippen molar-refractivity contribution in [2.75, 3.05) is 26.2 Å². The number of halogens is 1. The summed E-state index contributed by atoms with van der Waals surface area (Å²) in [5, 5.41) is 9.63. The Balaban J connectivity index is 2.04. The summed E-state index contributed by atoms with van der Waals surface area (Å²) >= 11 is 5.86. The zero-order valence-electron chi connectivity index (χ0n) is 9.19. The van der Waals surface area contributed by atoms with Gasteiger partial charge in [-0.3, -0.25) is 4.90 Å². The van der Waals surface area contributed by atoms with E-state index in [4.69, 9.17) is 16.7 Å². The van der Waals surface area contributed by atoms with Crippen LogP contribution in [0.15, 0.2) is 30.3 Å². The maximum Gasteiger partial charge on any atom is 0.0558 e. The molecule has 0 radical (unpaired) electrons. The first-order valence-corrected chi connectivity index (χ1v) is 5.95. The van der Waals surface area contributed by atoms with Gasteiger partial charge in [0, 0.05) is 24.7 Å². The summed E-state index contributed by atoms with van der Waals surface area (Å²) in [7, 11) is 0. The molecule has 1 aliphatic rings. The molecular formula is C13H16ClNO. The number of hydrogen-bond donors (Lipinski definition) is 1. The minimum atomic E-state index is 0.240. The van der Waals surface area contributed by atoms with Gasteiger partial charge in [0.05, 0.1) is 6.61 Å². The molecule has 0 unspecified atom stereocenters. The van der Waals surface area contributed by atoms with Crippen molar-refractivity contribution in [3.8, 4) is 0 Å². The standard InChI is InChI=1S/C13H16ClNO/c14-13-3-1-11(2-4-13)12-5-7-15(8-6-12)9-10-16/h1-5,16H,6-10H2. The van der Waals surface area contributed by atoms with Gasteiger partial charge >= 0.3 is 0 Å². The summed E-state index contributed by atoms with van der Waals surface area (Å²) in [6.45, 7) is 2.96. The molecule has 0 bridgehead atoms. The Morgan fingerprint density at radius 3 is 2.56 bits per heavy atom. The first-order valence-electron chi connectivity index (χ1n) is 5.58. The summed E-state index contributed by atoms with van der Waals surface area (Å²) in [5.74, 6) is 0. The van der Waals surface area contributed by atoms with Crippen LogP contribution in [0.1, 0.15) is 12.0 Å². The molecule has 0 fully saturated rings. The number of aliphatic hydroxyl groups is 1. The van der Waals surface area contributed by atoms with E-state index in [2.05, 4.69) is 23.1 Å². The van der Waals surface area contributed by atoms with Gasteiger partial charge in [-0.15, -0.1) is 0 Å². The number of hydrogen-bond acceptors (Lipinski definition) is 2. The van der Waals surface area contributed by atoms with Crippen LogP contribution in [0.5, 0.6) is 0 Å². The van der Waals surface area contributed by atoms with Crippen LogP contribution >= 0.6 is 11.6 Å². The van der Waals surface area contributed by atoms with Crippen molar-refractivity contribution < 1.29 is 5.11 Å². The molecule has 0 amide bonds. The molecule has 1 aromatic rings. The maximum atomic E-state index is 8.85. The van der Waals surface area contributed by atoms with Gasteiger partial charge in [0.25, 0.3) is 0 Å². The molecule has 0 spiro atoms. The Morgan fingerprint density at radius 2 is 2.00 bits per heavy atom. The van der Waals surface area contributed by atoms with Gasteiger partial charge in [-0.25, -0.2) is 0 Å². The van der Waals surface area contributed by atoms with Crippen LogP contribution in [0, 0.1) is 0 Å². The molecule has 0 atom stereocenters. The largest absolute Gasteiger partial charge is 0.395 e. The summed E-state index contributed by atoms with van der Waals surface area (Å²) in [6, 6.07) is 7.99. The highest BCUT2D eigenvalue weighted by Crippen LogP contribution is 2.23. The minimum Gasteiger partial charge on any atom is -0.395 e. The molecular weight excluding hydrogens is 222 g/mol. The molecule has 1 aliphatic heterocycles. The van der Waals surface area contributed by atoms with Crippen molar-refractivity contribution in [2.24, 2.45) is 0 Å². The molecule has 0 saturated carbocycles. The Bertz CT molecular complexity index is 372. The smallest absolute Gasteiger partial charge is 0.0558 e. The van der Waals surface area contributed by atoms with Crippen LogP contribution in [0.25, 0.3) is 5.57 Å². The van der Waals surface area contributed by atoms with Crippen molar-refractivity contribution in [2.45, 2.75) is 6.42 Å². The Labute approximate surface area is 101 Å². The van der Waals surface area contributed by atoms with E-state index in [-0.39, 0.29) is 6.61 Å². The number of benzene rings is 1. The normalized spacial score (nSPS) is 17.2. The lowest BCUT2D eigenvalue weighted by Crippen LogP contribution is -2.31. The molecule has 3 heteroatoms. The summed E-state index contributed by atoms with van der Waals surface area (Å²) in [6.07, 6.45) is 3.28. The number of aliphatic hydroxyl groups excluding tert-OH is 1. The Morgan fingerprint density at radius 1 is 1.25 bits per heavy atom. The topological polar surface area (TPSA) is 23.5 Å². The van der Waals surface area contributed by atoms with Crippen molar-refractivity contribution in [1.29, 1.82) is 0 Å². The van der Waals surface area contributed by atoms with E-state index in [9.17, 15) is 0 Å². The predicted molar refractivity (Wildman–Crippen MR) is 67.6 cm³/mol. The fourth-order valence-electron chi connectivity index (χ4n) is 1.98. The highest BCUT2D eigenvalue weighted by molar-refractivity contribution is 6.30. The zero-order chi connectivity index (χ0) is 11.4. The van der Waals surface area contributed by atoms with Crippen LogP contribution in [-0.2, 0) is 0 Å². The van der Waals surface area contributed by atoms with Gasteiger partial charge in [-0.05, 0) is 29.7 Å². The third-order valence-corrected chi connectivity index (χ3v) is 3.18. The molecule has 86 valence electrons. The van der Waals surface area contributed by atoms with Crippen molar-refractivity contribution in [3.05, 3.63) is 40.9 Å². The van der Waals surface area contributed by atoms with Crippen molar-refractivity contribution >= 4 is 17.2 Å². The second kappa shape index (κ2) is 5.48. The van der Waals surface area contributed by atoms with Crippen LogP contribution in [0.2, 0.25) is 5.02 Å². The van der Waals surface area contributed by atoms with Gasteiger partial charge in [0.2, 0.25) is 0 Å². The third kappa shape index (κ3) is 2.85. The molecule has 1 aromatic carbocycles. The van der Waals surface area contributed by atoms with E-state index < -0.39 is 0 Å². The van der Waals surface area contributed by atoms with Gasteiger partial charge in [0.15, 0.2) is 0 Å². The fourth-order valence-corrected chi connectivity index (χ4v) is 2.11. The van der Waals surface area contributed by atoms with E-state index in [0.717, 1.165) is 31.1 Å². The van der Waals surface area contributed by atoms with E-state index in [1.165, 1.54) is 11.1 Å². The third-order valence-electron chi connectivity index (χ3n) is 2.92. The van der Waals surface area contributed by atoms with Crippen molar-refractivity contribution in [1.82, 2.24) is 4.90 Å². The molecule has 2 nitrogen and oxygen atoms in total. The van der Waals surface area contributed by atoms with Gasteiger partial charge in [0.1, 0.15) is 0 Å². The maximum absolute atomic E-state index is 8.85. The van der Waals surface area contributed by atoms with Gasteiger partial charge in [-0.2, -0.15) is 0 Å². The number of β-amino-alcohol motifs (C(OH)–C–C–N with tert-alkyl or cyclic N) is 1. The predicted octanol–water partition coefficient (Wildman–Crippen LogP) is 2.42. The molecule has 0 aliphatic carbocycles. The monoisotopic (exact) mass is 237 g/mol. The SMILES string of the molecule is OCCN1CC=C(c2ccc(Cl)cc2)CC1. The zero-order valence-corrected chi connectivity index (χ0v) is 9.95. The summed E-state index contributed by atoms with van der Waals surface area (Å²) < 4.78 is 0. The average molecular weight is 238 g/mol. The van der Waals surface area contributed by atoms with E-state index in [1.807, 2.05) is 12.1 Å². The molecule has 0 saturated heterocycles. The lowest BCUT2D eigenvalue weighted by atomic mass is 10.00. The lowest BCUT2D eigenvalue weighted by Gasteiger charge is -2.25. The van der Waals surface area contributed by atoms with Crippen LogP contribution in [-0.4, -0.2) is 36.2 Å². The molecule has 1 heterocycles. The molecule has 1 N–H and O–H groups in total. The summed E-state index contributed by atoms with van der Waals surface area (Å²) in [4.78, 5) is 2.25. The molecule has 16 heavy (non-hydrogen) atoms. The second-order valence-corrected chi connectivity index (χ2v) is 4.45. The van der Waals surface area contributed by atoms with E-state index in [0.29, 0.717) is 0 Å². The highest BCUT2D eigenvalue weighted by Gasteiger charge is 2.11. The first-order chi connectivity index (χ1) is 7.79. The van der Waals surface area contributed by atoms with E-state index in [1.54, 1.807) is 0 Å². The fraction of sp³-hybridized carbons (Fsp3) is 0.385. The quantitative estimate of drug-likeness (QED) is 0.873.